The average Bonchev–Trinajstić information content (AvgIpc) is 3.17. The zero-order chi connectivity index (χ0) is 13.4. The van der Waals surface area contributed by atoms with Gasteiger partial charge in [-0.1, -0.05) is 18.2 Å². The third kappa shape index (κ3) is 2.24. The lowest BCUT2D eigenvalue weighted by atomic mass is 10.0. The molecule has 2 amide bonds. The highest BCUT2D eigenvalue weighted by atomic mass is 16.5. The van der Waals surface area contributed by atoms with Crippen LogP contribution in [0.2, 0.25) is 0 Å². The Labute approximate surface area is 110 Å². The van der Waals surface area contributed by atoms with Gasteiger partial charge in [-0.3, -0.25) is 10.2 Å². The number of aromatic nitrogens is 1. The Morgan fingerprint density at radius 3 is 3.00 bits per heavy atom. The highest BCUT2D eigenvalue weighted by Gasteiger charge is 2.40. The second-order valence-electron chi connectivity index (χ2n) is 4.94. The van der Waals surface area contributed by atoms with Crippen molar-refractivity contribution in [3.8, 4) is 0 Å². The molecule has 19 heavy (non-hydrogen) atoms. The Morgan fingerprint density at radius 2 is 2.21 bits per heavy atom. The van der Waals surface area contributed by atoms with Gasteiger partial charge in [0, 0.05) is 11.6 Å². The number of pyridine rings is 1. The zero-order valence-electron chi connectivity index (χ0n) is 10.4. The summed E-state index contributed by atoms with van der Waals surface area (Å²) in [6, 6.07) is 9.21. The number of primary amides is 1. The summed E-state index contributed by atoms with van der Waals surface area (Å²) in [4.78, 5) is 15.1. The molecule has 98 valence electrons. The number of hydrogen-bond donors (Lipinski definition) is 2. The first-order chi connectivity index (χ1) is 9.16. The van der Waals surface area contributed by atoms with Crippen molar-refractivity contribution in [1.82, 2.24) is 10.0 Å². The first-order valence-electron chi connectivity index (χ1n) is 6.26. The van der Waals surface area contributed by atoms with E-state index in [0.29, 0.717) is 11.0 Å². The molecule has 0 aliphatic heterocycles. The molecule has 3 rings (SSSR count). The van der Waals surface area contributed by atoms with Crippen molar-refractivity contribution in [2.75, 3.05) is 6.54 Å². The van der Waals surface area contributed by atoms with Gasteiger partial charge in [-0.05, 0) is 36.0 Å². The fourth-order valence-electron chi connectivity index (χ4n) is 2.58. The third-order valence-electron chi connectivity index (χ3n) is 3.67. The van der Waals surface area contributed by atoms with Crippen molar-refractivity contribution in [3.63, 3.8) is 0 Å². The van der Waals surface area contributed by atoms with Gasteiger partial charge in [0.15, 0.2) is 0 Å². The maximum absolute atomic E-state index is 10.8. The predicted molar refractivity (Wildman–Crippen MR) is 70.7 cm³/mol. The van der Waals surface area contributed by atoms with E-state index in [0.717, 1.165) is 17.3 Å². The lowest BCUT2D eigenvalue weighted by molar-refractivity contribution is -0.0431. The largest absolute Gasteiger partial charge is 0.350 e. The number of carbonyl (C=O) groups excluding carboxylic acids is 1. The molecule has 1 aliphatic rings. The zero-order valence-corrected chi connectivity index (χ0v) is 10.4. The van der Waals surface area contributed by atoms with Crippen LogP contribution in [0.3, 0.4) is 0 Å². The summed E-state index contributed by atoms with van der Waals surface area (Å²) in [6.45, 7) is 0.288. The number of fused-ring (bicyclic) bond motifs is 1. The molecule has 2 unspecified atom stereocenters. The van der Waals surface area contributed by atoms with E-state index in [1.165, 1.54) is 5.56 Å². The van der Waals surface area contributed by atoms with Gasteiger partial charge in [0.2, 0.25) is 0 Å². The molecule has 1 heterocycles. The SMILES string of the molecule is NC(=O)N(O)CC1CC1c1ccnc2ccccc12. The van der Waals surface area contributed by atoms with Crippen LogP contribution in [0.4, 0.5) is 4.79 Å². The number of nitrogens with two attached hydrogens (primary N) is 1. The maximum atomic E-state index is 10.8. The number of carbonyl (C=O) groups is 1. The standard InChI is InChI=1S/C14H15N3O2/c15-14(18)17(19)8-9-7-12(9)10-5-6-16-13-4-2-1-3-11(10)13/h1-6,9,12,19H,7-8H2,(H2,15,18). The van der Waals surface area contributed by atoms with Crippen molar-refractivity contribution in [2.24, 2.45) is 11.7 Å². The molecule has 0 saturated heterocycles. The fraction of sp³-hybridized carbons (Fsp3) is 0.286. The Balaban J connectivity index is 1.82. The van der Waals surface area contributed by atoms with Gasteiger partial charge >= 0.3 is 6.03 Å². The Hall–Kier alpha value is -2.14. The number of para-hydroxylation sites is 1. The monoisotopic (exact) mass is 257 g/mol. The van der Waals surface area contributed by atoms with Crippen LogP contribution in [0.15, 0.2) is 36.5 Å². The van der Waals surface area contributed by atoms with Crippen LogP contribution in [-0.4, -0.2) is 27.8 Å². The number of amides is 2. The molecule has 1 aromatic heterocycles. The van der Waals surface area contributed by atoms with E-state index in [9.17, 15) is 10.0 Å². The van der Waals surface area contributed by atoms with E-state index in [1.54, 1.807) is 6.20 Å². The molecule has 2 atom stereocenters. The number of nitrogens with zero attached hydrogens (tertiary/aromatic N) is 2. The third-order valence-corrected chi connectivity index (χ3v) is 3.67. The van der Waals surface area contributed by atoms with Crippen LogP contribution in [0.1, 0.15) is 17.9 Å². The molecule has 1 aliphatic carbocycles. The summed E-state index contributed by atoms with van der Waals surface area (Å²) in [5.74, 6) is 0.630. The number of hydrogen-bond acceptors (Lipinski definition) is 3. The van der Waals surface area contributed by atoms with Crippen LogP contribution in [-0.2, 0) is 0 Å². The quantitative estimate of drug-likeness (QED) is 0.652. The molecule has 1 saturated carbocycles. The second kappa shape index (κ2) is 4.51. The first kappa shape index (κ1) is 11.9. The smallest absolute Gasteiger partial charge is 0.338 e. The fourth-order valence-corrected chi connectivity index (χ4v) is 2.58. The van der Waals surface area contributed by atoms with Crippen molar-refractivity contribution >= 4 is 16.9 Å². The second-order valence-corrected chi connectivity index (χ2v) is 4.94. The van der Waals surface area contributed by atoms with Gasteiger partial charge < -0.3 is 5.73 Å². The summed E-state index contributed by atoms with van der Waals surface area (Å²) in [7, 11) is 0. The minimum atomic E-state index is -0.801. The van der Waals surface area contributed by atoms with Crippen LogP contribution in [0.5, 0.6) is 0 Å². The lowest BCUT2D eigenvalue weighted by Gasteiger charge is -2.11. The summed E-state index contributed by atoms with van der Waals surface area (Å²) >= 11 is 0. The molecule has 0 bridgehead atoms. The molecular weight excluding hydrogens is 242 g/mol. The van der Waals surface area contributed by atoms with Crippen molar-refractivity contribution in [2.45, 2.75) is 12.3 Å². The Kier molecular flexibility index (Phi) is 2.83. The number of hydroxylamine groups is 2. The number of rotatable bonds is 3. The van der Waals surface area contributed by atoms with Gasteiger partial charge in [0.25, 0.3) is 0 Å². The van der Waals surface area contributed by atoms with E-state index < -0.39 is 6.03 Å². The van der Waals surface area contributed by atoms with Crippen LogP contribution >= 0.6 is 0 Å². The molecule has 1 fully saturated rings. The molecule has 2 aromatic rings. The number of benzene rings is 1. The van der Waals surface area contributed by atoms with Crippen molar-refractivity contribution in [3.05, 3.63) is 42.1 Å². The molecular formula is C14H15N3O2. The van der Waals surface area contributed by atoms with Gasteiger partial charge in [-0.2, -0.15) is 0 Å². The molecule has 5 heteroatoms. The molecule has 1 aromatic carbocycles. The highest BCUT2D eigenvalue weighted by Crippen LogP contribution is 2.49. The summed E-state index contributed by atoms with van der Waals surface area (Å²) < 4.78 is 0. The molecule has 5 nitrogen and oxygen atoms in total. The van der Waals surface area contributed by atoms with Gasteiger partial charge in [-0.25, -0.2) is 9.86 Å². The van der Waals surface area contributed by atoms with E-state index in [4.69, 9.17) is 5.73 Å². The van der Waals surface area contributed by atoms with E-state index >= 15 is 0 Å². The van der Waals surface area contributed by atoms with Gasteiger partial charge in [0.05, 0.1) is 12.1 Å². The minimum Gasteiger partial charge on any atom is -0.350 e. The van der Waals surface area contributed by atoms with E-state index in [1.807, 2.05) is 24.3 Å². The van der Waals surface area contributed by atoms with Crippen LogP contribution < -0.4 is 5.73 Å². The van der Waals surface area contributed by atoms with Crippen molar-refractivity contribution < 1.29 is 10.0 Å². The highest BCUT2D eigenvalue weighted by molar-refractivity contribution is 5.82. The van der Waals surface area contributed by atoms with Crippen LogP contribution in [0.25, 0.3) is 10.9 Å². The van der Waals surface area contributed by atoms with E-state index in [-0.39, 0.29) is 12.5 Å². The predicted octanol–water partition coefficient (Wildman–Crippen LogP) is 2.11. The molecule has 0 radical (unpaired) electrons. The van der Waals surface area contributed by atoms with Crippen LogP contribution in [0, 0.1) is 5.92 Å². The summed E-state index contributed by atoms with van der Waals surface area (Å²) in [5, 5.41) is 11.1. The maximum Gasteiger partial charge on any atom is 0.338 e. The first-order valence-corrected chi connectivity index (χ1v) is 6.26. The topological polar surface area (TPSA) is 79.5 Å². The minimum absolute atomic E-state index is 0.267. The molecule has 3 N–H and O–H groups in total. The summed E-state index contributed by atoms with van der Waals surface area (Å²) in [6.07, 6.45) is 2.76. The normalized spacial score (nSPS) is 21.3. The van der Waals surface area contributed by atoms with Crippen molar-refractivity contribution in [1.29, 1.82) is 0 Å². The summed E-state index contributed by atoms with van der Waals surface area (Å²) in [5.41, 5.74) is 7.22. The average molecular weight is 257 g/mol. The van der Waals surface area contributed by atoms with Gasteiger partial charge in [0.1, 0.15) is 0 Å². The Bertz CT molecular complexity index is 624. The van der Waals surface area contributed by atoms with E-state index in [2.05, 4.69) is 11.1 Å². The number of urea groups is 1. The molecule has 0 spiro atoms. The Morgan fingerprint density at radius 1 is 1.42 bits per heavy atom. The van der Waals surface area contributed by atoms with Gasteiger partial charge in [-0.15, -0.1) is 0 Å². The lowest BCUT2D eigenvalue weighted by Crippen LogP contribution is -2.34.